The molecule has 0 bridgehead atoms. The summed E-state index contributed by atoms with van der Waals surface area (Å²) in [4.78, 5) is 2.31. The largest absolute Gasteiger partial charge is 0.395 e. The molecule has 1 heterocycles. The molecule has 1 aliphatic heterocycles. The summed E-state index contributed by atoms with van der Waals surface area (Å²) in [5.74, 6) is -0.288. The first-order chi connectivity index (χ1) is 8.61. The van der Waals surface area contributed by atoms with E-state index in [0.29, 0.717) is 17.7 Å². The summed E-state index contributed by atoms with van der Waals surface area (Å²) in [6.45, 7) is 1.56. The highest BCUT2D eigenvalue weighted by Gasteiger charge is 2.24. The van der Waals surface area contributed by atoms with Crippen molar-refractivity contribution in [3.8, 4) is 0 Å². The molecule has 0 saturated carbocycles. The van der Waals surface area contributed by atoms with Gasteiger partial charge in [0.2, 0.25) is 0 Å². The molecule has 3 nitrogen and oxygen atoms in total. The average Bonchev–Trinajstić information content (AvgIpc) is 2.78. The van der Waals surface area contributed by atoms with Crippen LogP contribution in [0.15, 0.2) is 18.2 Å². The molecule has 2 rings (SSSR count). The van der Waals surface area contributed by atoms with E-state index in [9.17, 15) is 9.50 Å². The Morgan fingerprint density at radius 3 is 2.94 bits per heavy atom. The summed E-state index contributed by atoms with van der Waals surface area (Å²) in [6.07, 6.45) is 2.03. The van der Waals surface area contributed by atoms with Gasteiger partial charge in [0.1, 0.15) is 10.8 Å². The second-order valence-electron chi connectivity index (χ2n) is 4.62. The zero-order valence-electron chi connectivity index (χ0n) is 10.1. The monoisotopic (exact) mass is 268 g/mol. The SMILES string of the molecule is NC(=S)c1ccc(CN2CCCC2CO)c(F)c1. The van der Waals surface area contributed by atoms with Crippen LogP contribution in [-0.2, 0) is 6.54 Å². The van der Waals surface area contributed by atoms with Gasteiger partial charge in [0.25, 0.3) is 0 Å². The molecular weight excluding hydrogens is 251 g/mol. The average molecular weight is 268 g/mol. The van der Waals surface area contributed by atoms with Crippen molar-refractivity contribution in [1.82, 2.24) is 4.90 Å². The lowest BCUT2D eigenvalue weighted by molar-refractivity contribution is 0.152. The predicted molar refractivity (Wildman–Crippen MR) is 72.8 cm³/mol. The zero-order chi connectivity index (χ0) is 13.1. The van der Waals surface area contributed by atoms with E-state index in [1.54, 1.807) is 12.1 Å². The number of aliphatic hydroxyl groups is 1. The lowest BCUT2D eigenvalue weighted by Crippen LogP contribution is -2.31. The number of thiocarbonyl (C=S) groups is 1. The van der Waals surface area contributed by atoms with Crippen molar-refractivity contribution in [2.24, 2.45) is 5.73 Å². The Kier molecular flexibility index (Phi) is 4.27. The number of nitrogens with zero attached hydrogens (tertiary/aromatic N) is 1. The summed E-state index contributed by atoms with van der Waals surface area (Å²) < 4.78 is 13.9. The van der Waals surface area contributed by atoms with E-state index in [-0.39, 0.29) is 23.5 Å². The van der Waals surface area contributed by atoms with Crippen LogP contribution in [0.25, 0.3) is 0 Å². The molecule has 0 aromatic heterocycles. The first kappa shape index (κ1) is 13.4. The van der Waals surface area contributed by atoms with Gasteiger partial charge in [-0.25, -0.2) is 4.39 Å². The molecule has 1 aliphatic rings. The summed E-state index contributed by atoms with van der Waals surface area (Å²) in [6, 6.07) is 4.99. The highest BCUT2D eigenvalue weighted by molar-refractivity contribution is 7.80. The van der Waals surface area contributed by atoms with Crippen molar-refractivity contribution < 1.29 is 9.50 Å². The van der Waals surface area contributed by atoms with Crippen LogP contribution in [-0.4, -0.2) is 34.2 Å². The van der Waals surface area contributed by atoms with Gasteiger partial charge in [0.15, 0.2) is 0 Å². The van der Waals surface area contributed by atoms with E-state index in [2.05, 4.69) is 4.90 Å². The first-order valence-electron chi connectivity index (χ1n) is 6.05. The van der Waals surface area contributed by atoms with Gasteiger partial charge in [-0.3, -0.25) is 4.90 Å². The van der Waals surface area contributed by atoms with Crippen LogP contribution in [0.4, 0.5) is 4.39 Å². The van der Waals surface area contributed by atoms with Crippen molar-refractivity contribution in [3.63, 3.8) is 0 Å². The van der Waals surface area contributed by atoms with Gasteiger partial charge >= 0.3 is 0 Å². The molecule has 0 spiro atoms. The van der Waals surface area contributed by atoms with Crippen LogP contribution < -0.4 is 5.73 Å². The maximum absolute atomic E-state index is 13.9. The predicted octanol–water partition coefficient (Wildman–Crippen LogP) is 1.42. The summed E-state index contributed by atoms with van der Waals surface area (Å²) in [5, 5.41) is 9.23. The van der Waals surface area contributed by atoms with Crippen LogP contribution in [0.2, 0.25) is 0 Å². The van der Waals surface area contributed by atoms with Crippen molar-refractivity contribution in [3.05, 3.63) is 35.1 Å². The molecule has 18 heavy (non-hydrogen) atoms. The summed E-state index contributed by atoms with van der Waals surface area (Å²) in [5.41, 5.74) is 6.63. The number of halogens is 1. The number of nitrogens with two attached hydrogens (primary N) is 1. The van der Waals surface area contributed by atoms with Gasteiger partial charge in [-0.05, 0) is 25.5 Å². The van der Waals surface area contributed by atoms with Gasteiger partial charge in [0, 0.05) is 23.7 Å². The minimum Gasteiger partial charge on any atom is -0.395 e. The molecule has 1 saturated heterocycles. The van der Waals surface area contributed by atoms with E-state index in [1.165, 1.54) is 6.07 Å². The molecule has 1 aromatic rings. The molecule has 98 valence electrons. The lowest BCUT2D eigenvalue weighted by Gasteiger charge is -2.22. The van der Waals surface area contributed by atoms with Gasteiger partial charge in [-0.1, -0.05) is 24.4 Å². The van der Waals surface area contributed by atoms with E-state index < -0.39 is 0 Å². The van der Waals surface area contributed by atoms with Gasteiger partial charge < -0.3 is 10.8 Å². The summed E-state index contributed by atoms with van der Waals surface area (Å²) in [7, 11) is 0. The lowest BCUT2D eigenvalue weighted by atomic mass is 10.1. The smallest absolute Gasteiger partial charge is 0.128 e. The van der Waals surface area contributed by atoms with Crippen LogP contribution in [0, 0.1) is 5.82 Å². The second-order valence-corrected chi connectivity index (χ2v) is 5.06. The maximum Gasteiger partial charge on any atom is 0.128 e. The van der Waals surface area contributed by atoms with Crippen LogP contribution >= 0.6 is 12.2 Å². The third kappa shape index (κ3) is 2.85. The number of hydrogen-bond acceptors (Lipinski definition) is 3. The molecular formula is C13H17FN2OS. The van der Waals surface area contributed by atoms with E-state index in [1.807, 2.05) is 0 Å². The standard InChI is InChI=1S/C13H17FN2OS/c14-12-6-9(13(15)18)3-4-10(12)7-16-5-1-2-11(16)8-17/h3-4,6,11,17H,1-2,5,7-8H2,(H2,15,18). The van der Waals surface area contributed by atoms with Crippen molar-refractivity contribution in [1.29, 1.82) is 0 Å². The minimum absolute atomic E-state index is 0.132. The Bertz CT molecular complexity index is 453. The second kappa shape index (κ2) is 5.73. The molecule has 1 atom stereocenters. The molecule has 0 aliphatic carbocycles. The molecule has 1 unspecified atom stereocenters. The molecule has 1 fully saturated rings. The Morgan fingerprint density at radius 2 is 2.33 bits per heavy atom. The summed E-state index contributed by atoms with van der Waals surface area (Å²) >= 11 is 4.81. The molecule has 3 N–H and O–H groups in total. The van der Waals surface area contributed by atoms with Crippen LogP contribution in [0.1, 0.15) is 24.0 Å². The molecule has 0 radical (unpaired) electrons. The van der Waals surface area contributed by atoms with Crippen molar-refractivity contribution in [2.45, 2.75) is 25.4 Å². The first-order valence-corrected chi connectivity index (χ1v) is 6.45. The zero-order valence-corrected chi connectivity index (χ0v) is 10.9. The Balaban J connectivity index is 2.12. The highest BCUT2D eigenvalue weighted by Crippen LogP contribution is 2.21. The number of hydrogen-bond donors (Lipinski definition) is 2. The van der Waals surface area contributed by atoms with Crippen molar-refractivity contribution >= 4 is 17.2 Å². The van der Waals surface area contributed by atoms with Gasteiger partial charge in [-0.15, -0.1) is 0 Å². The third-order valence-corrected chi connectivity index (χ3v) is 3.66. The van der Waals surface area contributed by atoms with E-state index in [0.717, 1.165) is 19.4 Å². The number of aliphatic hydroxyl groups excluding tert-OH is 1. The third-order valence-electron chi connectivity index (χ3n) is 3.42. The minimum atomic E-state index is -0.288. The Morgan fingerprint density at radius 1 is 1.56 bits per heavy atom. The maximum atomic E-state index is 13.9. The number of likely N-dealkylation sites (tertiary alicyclic amines) is 1. The van der Waals surface area contributed by atoms with Crippen molar-refractivity contribution in [2.75, 3.05) is 13.2 Å². The molecule has 5 heteroatoms. The molecule has 0 amide bonds. The Labute approximate surface area is 111 Å². The van der Waals surface area contributed by atoms with Crippen LogP contribution in [0.5, 0.6) is 0 Å². The van der Waals surface area contributed by atoms with Gasteiger partial charge in [-0.2, -0.15) is 0 Å². The topological polar surface area (TPSA) is 49.5 Å². The number of benzene rings is 1. The fourth-order valence-electron chi connectivity index (χ4n) is 2.36. The fraction of sp³-hybridized carbons (Fsp3) is 0.462. The quantitative estimate of drug-likeness (QED) is 0.811. The van der Waals surface area contributed by atoms with E-state index >= 15 is 0 Å². The van der Waals surface area contributed by atoms with Gasteiger partial charge in [0.05, 0.1) is 6.61 Å². The number of rotatable bonds is 4. The highest BCUT2D eigenvalue weighted by atomic mass is 32.1. The fourth-order valence-corrected chi connectivity index (χ4v) is 2.48. The Hall–Kier alpha value is -1.04. The van der Waals surface area contributed by atoms with E-state index in [4.69, 9.17) is 18.0 Å². The van der Waals surface area contributed by atoms with Crippen LogP contribution in [0.3, 0.4) is 0 Å². The normalized spacial score (nSPS) is 20.2. The molecule has 1 aromatic carbocycles.